The zero-order valence-corrected chi connectivity index (χ0v) is 12.8. The fraction of sp³-hybridized carbons (Fsp3) is 0.769. The van der Waals surface area contributed by atoms with Crippen molar-refractivity contribution in [2.45, 2.75) is 25.3 Å². The molecule has 0 spiro atoms. The summed E-state index contributed by atoms with van der Waals surface area (Å²) in [5.41, 5.74) is 1.21. The van der Waals surface area contributed by atoms with Crippen molar-refractivity contribution in [2.75, 3.05) is 39.6 Å². The Morgan fingerprint density at radius 1 is 1.44 bits per heavy atom. The number of piperazine rings is 1. The Kier molecular flexibility index (Phi) is 5.42. The summed E-state index contributed by atoms with van der Waals surface area (Å²) in [5.74, 6) is 0.725. The van der Waals surface area contributed by atoms with Gasteiger partial charge in [0.2, 0.25) is 0 Å². The quantitative estimate of drug-likeness (QED) is 0.773. The standard InChI is InChI=1S/C13H22ClN3S/c1-16-6-7-17(2)12(9-16)8-13-15-11(10-18-13)4-3-5-14/h10,12H,3-9H2,1-2H3. The predicted octanol–water partition coefficient (Wildman–Crippen LogP) is 2.10. The van der Waals surface area contributed by atoms with Gasteiger partial charge in [-0.1, -0.05) is 0 Å². The van der Waals surface area contributed by atoms with Crippen LogP contribution in [0.15, 0.2) is 5.38 Å². The van der Waals surface area contributed by atoms with Gasteiger partial charge in [-0.15, -0.1) is 22.9 Å². The number of thiazole rings is 1. The first-order valence-electron chi connectivity index (χ1n) is 6.57. The molecule has 5 heteroatoms. The Labute approximate surface area is 119 Å². The molecule has 0 amide bonds. The van der Waals surface area contributed by atoms with Crippen molar-refractivity contribution in [3.05, 3.63) is 16.1 Å². The minimum Gasteiger partial charge on any atom is -0.304 e. The van der Waals surface area contributed by atoms with Crippen molar-refractivity contribution >= 4 is 22.9 Å². The third-order valence-electron chi connectivity index (χ3n) is 3.56. The second kappa shape index (κ2) is 6.85. The summed E-state index contributed by atoms with van der Waals surface area (Å²) in [4.78, 5) is 9.58. The number of rotatable bonds is 5. The van der Waals surface area contributed by atoms with Gasteiger partial charge >= 0.3 is 0 Å². The minimum atomic E-state index is 0.607. The predicted molar refractivity (Wildman–Crippen MR) is 78.8 cm³/mol. The van der Waals surface area contributed by atoms with Crippen LogP contribution in [0.25, 0.3) is 0 Å². The normalized spacial score (nSPS) is 22.5. The highest BCUT2D eigenvalue weighted by Gasteiger charge is 2.23. The van der Waals surface area contributed by atoms with Gasteiger partial charge in [0.25, 0.3) is 0 Å². The zero-order chi connectivity index (χ0) is 13.0. The molecule has 1 atom stereocenters. The molecule has 1 aliphatic heterocycles. The van der Waals surface area contributed by atoms with Gasteiger partial charge in [-0.2, -0.15) is 0 Å². The fourth-order valence-corrected chi connectivity index (χ4v) is 3.36. The summed E-state index contributed by atoms with van der Waals surface area (Å²) < 4.78 is 0. The highest BCUT2D eigenvalue weighted by atomic mass is 35.5. The monoisotopic (exact) mass is 287 g/mol. The first-order chi connectivity index (χ1) is 8.69. The first-order valence-corrected chi connectivity index (χ1v) is 7.98. The number of likely N-dealkylation sites (N-methyl/N-ethyl adjacent to an activating group) is 2. The van der Waals surface area contributed by atoms with E-state index in [1.54, 1.807) is 11.3 Å². The van der Waals surface area contributed by atoms with Gasteiger partial charge in [0.1, 0.15) is 0 Å². The lowest BCUT2D eigenvalue weighted by atomic mass is 10.1. The summed E-state index contributed by atoms with van der Waals surface area (Å²) in [6, 6.07) is 0.607. The molecule has 1 unspecified atom stereocenters. The molecular formula is C13H22ClN3S. The lowest BCUT2D eigenvalue weighted by molar-refractivity contribution is 0.114. The van der Waals surface area contributed by atoms with Crippen LogP contribution in [0.1, 0.15) is 17.1 Å². The van der Waals surface area contributed by atoms with Crippen LogP contribution in [0.2, 0.25) is 0 Å². The SMILES string of the molecule is CN1CCN(C)C(Cc2nc(CCCCl)cs2)C1. The Morgan fingerprint density at radius 2 is 2.28 bits per heavy atom. The van der Waals surface area contributed by atoms with E-state index in [4.69, 9.17) is 16.6 Å². The van der Waals surface area contributed by atoms with E-state index < -0.39 is 0 Å². The van der Waals surface area contributed by atoms with Gasteiger partial charge in [-0.25, -0.2) is 4.98 Å². The number of nitrogens with zero attached hydrogens (tertiary/aromatic N) is 3. The van der Waals surface area contributed by atoms with Gasteiger partial charge in [0.05, 0.1) is 10.7 Å². The molecule has 1 aliphatic rings. The van der Waals surface area contributed by atoms with Gasteiger partial charge in [-0.3, -0.25) is 0 Å². The van der Waals surface area contributed by atoms with Crippen LogP contribution in [-0.4, -0.2) is 60.4 Å². The van der Waals surface area contributed by atoms with E-state index in [9.17, 15) is 0 Å². The molecule has 2 heterocycles. The van der Waals surface area contributed by atoms with Crippen LogP contribution < -0.4 is 0 Å². The second-order valence-corrected chi connectivity index (χ2v) is 6.45. The van der Waals surface area contributed by atoms with E-state index in [0.29, 0.717) is 6.04 Å². The van der Waals surface area contributed by atoms with Gasteiger partial charge in [-0.05, 0) is 26.9 Å². The molecule has 1 fully saturated rings. The Hall–Kier alpha value is -0.160. The van der Waals surface area contributed by atoms with E-state index in [0.717, 1.165) is 38.2 Å². The Balaban J connectivity index is 1.89. The zero-order valence-electron chi connectivity index (χ0n) is 11.2. The van der Waals surface area contributed by atoms with Crippen LogP contribution in [-0.2, 0) is 12.8 Å². The summed E-state index contributed by atoms with van der Waals surface area (Å²) >= 11 is 7.51. The lowest BCUT2D eigenvalue weighted by Gasteiger charge is -2.37. The number of aromatic nitrogens is 1. The second-order valence-electron chi connectivity index (χ2n) is 5.13. The largest absolute Gasteiger partial charge is 0.304 e. The van der Waals surface area contributed by atoms with Gasteiger partial charge in [0, 0.05) is 43.4 Å². The molecular weight excluding hydrogens is 266 g/mol. The minimum absolute atomic E-state index is 0.607. The molecule has 102 valence electrons. The van der Waals surface area contributed by atoms with E-state index in [2.05, 4.69) is 29.3 Å². The van der Waals surface area contributed by atoms with Gasteiger partial charge < -0.3 is 9.80 Å². The third-order valence-corrected chi connectivity index (χ3v) is 4.74. The van der Waals surface area contributed by atoms with Crippen LogP contribution in [0.3, 0.4) is 0 Å². The molecule has 2 rings (SSSR count). The summed E-state index contributed by atoms with van der Waals surface area (Å²) in [5, 5.41) is 3.46. The summed E-state index contributed by atoms with van der Waals surface area (Å²) in [7, 11) is 4.42. The molecule has 18 heavy (non-hydrogen) atoms. The van der Waals surface area contributed by atoms with Gasteiger partial charge in [0.15, 0.2) is 0 Å². The average molecular weight is 288 g/mol. The van der Waals surface area contributed by atoms with Crippen molar-refractivity contribution in [2.24, 2.45) is 0 Å². The van der Waals surface area contributed by atoms with Crippen molar-refractivity contribution in [1.29, 1.82) is 0 Å². The van der Waals surface area contributed by atoms with Crippen molar-refractivity contribution in [1.82, 2.24) is 14.8 Å². The molecule has 3 nitrogen and oxygen atoms in total. The molecule has 1 aromatic rings. The molecule has 0 N–H and O–H groups in total. The first kappa shape index (κ1) is 14.3. The third kappa shape index (κ3) is 3.92. The van der Waals surface area contributed by atoms with Crippen LogP contribution in [0.4, 0.5) is 0 Å². The number of halogens is 1. The number of aryl methyl sites for hydroxylation is 1. The molecule has 1 aromatic heterocycles. The maximum absolute atomic E-state index is 5.71. The summed E-state index contributed by atoms with van der Waals surface area (Å²) in [6.07, 6.45) is 3.11. The molecule has 1 saturated heterocycles. The Morgan fingerprint density at radius 3 is 3.06 bits per heavy atom. The topological polar surface area (TPSA) is 19.4 Å². The number of hydrogen-bond donors (Lipinski definition) is 0. The molecule has 0 bridgehead atoms. The van der Waals surface area contributed by atoms with Crippen LogP contribution in [0, 0.1) is 0 Å². The van der Waals surface area contributed by atoms with Crippen molar-refractivity contribution in [3.63, 3.8) is 0 Å². The van der Waals surface area contributed by atoms with E-state index in [1.165, 1.54) is 17.2 Å². The molecule has 0 aliphatic carbocycles. The van der Waals surface area contributed by atoms with Crippen LogP contribution in [0.5, 0.6) is 0 Å². The molecule has 0 radical (unpaired) electrons. The highest BCUT2D eigenvalue weighted by Crippen LogP contribution is 2.17. The maximum Gasteiger partial charge on any atom is 0.0944 e. The Bertz CT molecular complexity index is 369. The number of hydrogen-bond acceptors (Lipinski definition) is 4. The molecule has 0 aromatic carbocycles. The van der Waals surface area contributed by atoms with Crippen LogP contribution >= 0.6 is 22.9 Å². The van der Waals surface area contributed by atoms with E-state index >= 15 is 0 Å². The number of alkyl halides is 1. The lowest BCUT2D eigenvalue weighted by Crippen LogP contribution is -2.50. The highest BCUT2D eigenvalue weighted by molar-refractivity contribution is 7.09. The van der Waals surface area contributed by atoms with Crippen molar-refractivity contribution in [3.8, 4) is 0 Å². The fourth-order valence-electron chi connectivity index (χ4n) is 2.33. The molecule has 0 saturated carbocycles. The maximum atomic E-state index is 5.71. The van der Waals surface area contributed by atoms with Crippen molar-refractivity contribution < 1.29 is 0 Å². The summed E-state index contributed by atoms with van der Waals surface area (Å²) in [6.45, 7) is 3.48. The smallest absolute Gasteiger partial charge is 0.0944 e. The van der Waals surface area contributed by atoms with E-state index in [-0.39, 0.29) is 0 Å². The van der Waals surface area contributed by atoms with E-state index in [1.807, 2.05) is 0 Å². The average Bonchev–Trinajstić information content (AvgIpc) is 2.79.